The van der Waals surface area contributed by atoms with Crippen molar-refractivity contribution in [2.45, 2.75) is 31.6 Å². The molecule has 1 heterocycles. The highest BCUT2D eigenvalue weighted by Crippen LogP contribution is 2.35. The maximum atomic E-state index is 11.8. The lowest BCUT2D eigenvalue weighted by Gasteiger charge is -2.20. The zero-order valence-electron chi connectivity index (χ0n) is 8.16. The molecule has 1 aromatic rings. The molecule has 1 aliphatic rings. The Morgan fingerprint density at radius 2 is 2.57 bits per heavy atom. The fourth-order valence-electron chi connectivity index (χ4n) is 2.11. The summed E-state index contributed by atoms with van der Waals surface area (Å²) in [6, 6.07) is 2.12. The molecule has 1 nitrogen and oxygen atoms in total. The molecule has 74 valence electrons. The molecule has 0 radical (unpaired) electrons. The summed E-state index contributed by atoms with van der Waals surface area (Å²) in [5.74, 6) is 0.488. The summed E-state index contributed by atoms with van der Waals surface area (Å²) in [6.45, 7) is 3.62. The Morgan fingerprint density at radius 3 is 3.36 bits per heavy atom. The molecule has 14 heavy (non-hydrogen) atoms. The number of rotatable bonds is 3. The number of allylic oxidation sites excluding steroid dienone is 1. The first-order chi connectivity index (χ1) is 6.83. The van der Waals surface area contributed by atoms with Gasteiger partial charge in [0.2, 0.25) is 0 Å². The number of fused-ring (bicyclic) bond motifs is 1. The third kappa shape index (κ3) is 1.67. The van der Waals surface area contributed by atoms with Gasteiger partial charge in [-0.2, -0.15) is 0 Å². The molecule has 0 amide bonds. The molecule has 1 aromatic heterocycles. The van der Waals surface area contributed by atoms with E-state index in [2.05, 4.69) is 18.0 Å². The molecule has 2 rings (SSSR count). The summed E-state index contributed by atoms with van der Waals surface area (Å²) in [5.41, 5.74) is 1.29. The van der Waals surface area contributed by atoms with E-state index in [9.17, 15) is 4.79 Å². The Balaban J connectivity index is 2.23. The fraction of sp³-hybridized carbons (Fsp3) is 0.417. The molecular formula is C12H14OS. The van der Waals surface area contributed by atoms with Gasteiger partial charge >= 0.3 is 0 Å². The zero-order valence-corrected chi connectivity index (χ0v) is 8.98. The number of hydrogen-bond acceptors (Lipinski definition) is 2. The standard InChI is InChI=1S/C12H14OS/c1-2-4-11(13)9-5-3-6-12-10(9)7-8-14-12/h2,7-9H,1,3-6H2. The monoisotopic (exact) mass is 206 g/mol. The van der Waals surface area contributed by atoms with Crippen LogP contribution in [0.5, 0.6) is 0 Å². The van der Waals surface area contributed by atoms with Gasteiger partial charge in [-0.15, -0.1) is 17.9 Å². The van der Waals surface area contributed by atoms with Gasteiger partial charge in [-0.1, -0.05) is 6.08 Å². The van der Waals surface area contributed by atoms with Gasteiger partial charge in [-0.3, -0.25) is 4.79 Å². The van der Waals surface area contributed by atoms with Crippen molar-refractivity contribution in [1.29, 1.82) is 0 Å². The third-order valence-corrected chi connectivity index (χ3v) is 3.78. The second-order valence-corrected chi connectivity index (χ2v) is 4.70. The van der Waals surface area contributed by atoms with Crippen molar-refractivity contribution in [3.8, 4) is 0 Å². The molecule has 0 spiro atoms. The first-order valence-corrected chi connectivity index (χ1v) is 5.90. The number of carbonyl (C=O) groups excluding carboxylic acids is 1. The molecule has 0 aliphatic heterocycles. The first-order valence-electron chi connectivity index (χ1n) is 5.03. The van der Waals surface area contributed by atoms with E-state index in [1.807, 2.05) is 0 Å². The average molecular weight is 206 g/mol. The van der Waals surface area contributed by atoms with Crippen LogP contribution in [0.15, 0.2) is 24.1 Å². The van der Waals surface area contributed by atoms with Crippen LogP contribution < -0.4 is 0 Å². The largest absolute Gasteiger partial charge is 0.299 e. The number of aryl methyl sites for hydroxylation is 1. The first kappa shape index (κ1) is 9.66. The Kier molecular flexibility index (Phi) is 2.82. The molecule has 1 unspecified atom stereocenters. The Morgan fingerprint density at radius 1 is 1.71 bits per heavy atom. The van der Waals surface area contributed by atoms with Crippen LogP contribution in [0.3, 0.4) is 0 Å². The van der Waals surface area contributed by atoms with Crippen molar-refractivity contribution in [2.75, 3.05) is 0 Å². The molecule has 0 aromatic carbocycles. The van der Waals surface area contributed by atoms with Gasteiger partial charge in [0.25, 0.3) is 0 Å². The number of hydrogen-bond donors (Lipinski definition) is 0. The Hall–Kier alpha value is -0.890. The van der Waals surface area contributed by atoms with Gasteiger partial charge in [-0.25, -0.2) is 0 Å². The van der Waals surface area contributed by atoms with E-state index in [1.54, 1.807) is 17.4 Å². The number of Topliss-reactive ketones (excluding diaryl/α,β-unsaturated/α-hetero) is 1. The van der Waals surface area contributed by atoms with E-state index in [1.165, 1.54) is 10.4 Å². The number of ketones is 1. The quantitative estimate of drug-likeness (QED) is 0.693. The van der Waals surface area contributed by atoms with Crippen LogP contribution in [0.1, 0.15) is 35.6 Å². The van der Waals surface area contributed by atoms with E-state index in [-0.39, 0.29) is 5.92 Å². The lowest BCUT2D eigenvalue weighted by molar-refractivity contribution is -0.119. The van der Waals surface area contributed by atoms with Crippen molar-refractivity contribution in [3.05, 3.63) is 34.5 Å². The van der Waals surface area contributed by atoms with Crippen LogP contribution in [0, 0.1) is 0 Å². The fourth-order valence-corrected chi connectivity index (χ4v) is 3.09. The second kappa shape index (κ2) is 4.09. The van der Waals surface area contributed by atoms with Crippen LogP contribution in [-0.2, 0) is 11.2 Å². The van der Waals surface area contributed by atoms with Gasteiger partial charge in [-0.05, 0) is 36.3 Å². The predicted molar refractivity (Wildman–Crippen MR) is 59.8 cm³/mol. The minimum Gasteiger partial charge on any atom is -0.299 e. The van der Waals surface area contributed by atoms with Crippen LogP contribution >= 0.6 is 11.3 Å². The lowest BCUT2D eigenvalue weighted by atomic mass is 9.84. The highest BCUT2D eigenvalue weighted by molar-refractivity contribution is 7.10. The van der Waals surface area contributed by atoms with Gasteiger partial charge in [0, 0.05) is 17.2 Å². The van der Waals surface area contributed by atoms with E-state index >= 15 is 0 Å². The SMILES string of the molecule is C=CCC(=O)C1CCCc2sccc21. The maximum Gasteiger partial charge on any atom is 0.144 e. The maximum absolute atomic E-state index is 11.8. The van der Waals surface area contributed by atoms with Crippen LogP contribution in [-0.4, -0.2) is 5.78 Å². The van der Waals surface area contributed by atoms with Crippen LogP contribution in [0.2, 0.25) is 0 Å². The minimum absolute atomic E-state index is 0.156. The third-order valence-electron chi connectivity index (χ3n) is 2.79. The van der Waals surface area contributed by atoms with Crippen molar-refractivity contribution in [3.63, 3.8) is 0 Å². The molecule has 0 bridgehead atoms. The zero-order chi connectivity index (χ0) is 9.97. The van der Waals surface area contributed by atoms with E-state index < -0.39 is 0 Å². The summed E-state index contributed by atoms with van der Waals surface area (Å²) in [4.78, 5) is 13.2. The van der Waals surface area contributed by atoms with Crippen molar-refractivity contribution in [2.24, 2.45) is 0 Å². The molecule has 0 fully saturated rings. The molecule has 1 aliphatic carbocycles. The van der Waals surface area contributed by atoms with E-state index in [4.69, 9.17) is 0 Å². The smallest absolute Gasteiger partial charge is 0.144 e. The molecule has 2 heteroatoms. The highest BCUT2D eigenvalue weighted by Gasteiger charge is 2.25. The van der Waals surface area contributed by atoms with Gasteiger partial charge in [0.1, 0.15) is 5.78 Å². The van der Waals surface area contributed by atoms with Crippen LogP contribution in [0.4, 0.5) is 0 Å². The average Bonchev–Trinajstić information content (AvgIpc) is 2.65. The van der Waals surface area contributed by atoms with Gasteiger partial charge < -0.3 is 0 Å². The number of thiophene rings is 1. The number of carbonyl (C=O) groups is 1. The van der Waals surface area contributed by atoms with Crippen molar-refractivity contribution < 1.29 is 4.79 Å². The summed E-state index contributed by atoms with van der Waals surface area (Å²) in [5, 5.41) is 2.10. The highest BCUT2D eigenvalue weighted by atomic mass is 32.1. The summed E-state index contributed by atoms with van der Waals surface area (Å²) >= 11 is 1.79. The van der Waals surface area contributed by atoms with Crippen molar-refractivity contribution in [1.82, 2.24) is 0 Å². The molecule has 0 saturated heterocycles. The summed E-state index contributed by atoms with van der Waals surface area (Å²) < 4.78 is 0. The predicted octanol–water partition coefficient (Wildman–Crippen LogP) is 3.31. The molecule has 0 saturated carbocycles. The summed E-state index contributed by atoms with van der Waals surface area (Å²) in [6.07, 6.45) is 5.56. The normalized spacial score (nSPS) is 20.1. The Labute approximate surface area is 88.5 Å². The topological polar surface area (TPSA) is 17.1 Å². The lowest BCUT2D eigenvalue weighted by Crippen LogP contribution is -2.16. The minimum atomic E-state index is 0.156. The van der Waals surface area contributed by atoms with Crippen LogP contribution in [0.25, 0.3) is 0 Å². The van der Waals surface area contributed by atoms with Gasteiger partial charge in [0.05, 0.1) is 0 Å². The molecule has 1 atom stereocenters. The van der Waals surface area contributed by atoms with E-state index in [0.717, 1.165) is 19.3 Å². The van der Waals surface area contributed by atoms with E-state index in [0.29, 0.717) is 12.2 Å². The second-order valence-electron chi connectivity index (χ2n) is 3.70. The summed E-state index contributed by atoms with van der Waals surface area (Å²) in [7, 11) is 0. The molecular weight excluding hydrogens is 192 g/mol. The van der Waals surface area contributed by atoms with Crippen molar-refractivity contribution >= 4 is 17.1 Å². The Bertz CT molecular complexity index is 351. The molecule has 0 N–H and O–H groups in total. The van der Waals surface area contributed by atoms with Gasteiger partial charge in [0.15, 0.2) is 0 Å².